The van der Waals surface area contributed by atoms with Crippen LogP contribution in [0.4, 0.5) is 5.69 Å². The zero-order valence-corrected chi connectivity index (χ0v) is 15.4. The van der Waals surface area contributed by atoms with Gasteiger partial charge in [0, 0.05) is 34.1 Å². The minimum Gasteiger partial charge on any atom is -0.360 e. The van der Waals surface area contributed by atoms with Crippen LogP contribution in [0.25, 0.3) is 10.9 Å². The predicted molar refractivity (Wildman–Crippen MR) is 103 cm³/mol. The third kappa shape index (κ3) is 3.26. The van der Waals surface area contributed by atoms with E-state index in [1.807, 2.05) is 56.4 Å². The molecule has 0 fully saturated rings. The lowest BCUT2D eigenvalue weighted by molar-refractivity contribution is -0.116. The summed E-state index contributed by atoms with van der Waals surface area (Å²) in [4.78, 5) is 15.3. The molecule has 122 valence electrons. The minimum atomic E-state index is -0.124. The van der Waals surface area contributed by atoms with Gasteiger partial charge in [-0.05, 0) is 37.6 Å². The van der Waals surface area contributed by atoms with Gasteiger partial charge in [0.05, 0.1) is 11.9 Å². The van der Waals surface area contributed by atoms with Crippen LogP contribution in [0.1, 0.15) is 23.6 Å². The molecule has 0 unspecified atom stereocenters. The van der Waals surface area contributed by atoms with Gasteiger partial charge in [-0.3, -0.25) is 4.79 Å². The zero-order chi connectivity index (χ0) is 17.3. The third-order valence-corrected chi connectivity index (χ3v) is 4.36. The summed E-state index contributed by atoms with van der Waals surface area (Å²) in [5, 5.41) is 6.92. The van der Waals surface area contributed by atoms with Crippen LogP contribution in [0.3, 0.4) is 0 Å². The molecule has 5 heteroatoms. The van der Waals surface area contributed by atoms with E-state index in [1.165, 1.54) is 11.9 Å². The summed E-state index contributed by atoms with van der Waals surface area (Å²) < 4.78 is 1.01. The number of halogens is 1. The van der Waals surface area contributed by atoms with Gasteiger partial charge in [-0.25, -0.2) is 5.01 Å². The Bertz CT molecular complexity index is 943. The Balaban J connectivity index is 1.98. The summed E-state index contributed by atoms with van der Waals surface area (Å²) in [6.07, 6.45) is 3.61. The first kappa shape index (κ1) is 16.5. The van der Waals surface area contributed by atoms with Crippen molar-refractivity contribution in [1.29, 1.82) is 0 Å². The lowest BCUT2D eigenvalue weighted by atomic mass is 10.1. The highest BCUT2D eigenvalue weighted by Gasteiger charge is 2.13. The molecular formula is C19H18BrN3O. The van der Waals surface area contributed by atoms with Gasteiger partial charge in [-0.15, -0.1) is 0 Å². The van der Waals surface area contributed by atoms with E-state index in [1.54, 1.807) is 6.21 Å². The smallest absolute Gasteiger partial charge is 0.244 e. The zero-order valence-electron chi connectivity index (χ0n) is 13.8. The molecule has 3 aromatic rings. The maximum Gasteiger partial charge on any atom is 0.244 e. The van der Waals surface area contributed by atoms with Crippen molar-refractivity contribution in [3.8, 4) is 0 Å². The summed E-state index contributed by atoms with van der Waals surface area (Å²) in [6, 6.07) is 12.0. The third-order valence-electron chi connectivity index (χ3n) is 3.87. The fourth-order valence-electron chi connectivity index (χ4n) is 2.70. The normalized spacial score (nSPS) is 11.3. The van der Waals surface area contributed by atoms with E-state index in [0.29, 0.717) is 0 Å². The maximum absolute atomic E-state index is 12.0. The van der Waals surface area contributed by atoms with E-state index < -0.39 is 0 Å². The van der Waals surface area contributed by atoms with Crippen molar-refractivity contribution in [2.45, 2.75) is 20.8 Å². The molecule has 4 nitrogen and oxygen atoms in total. The minimum absolute atomic E-state index is 0.124. The fourth-order valence-corrected chi connectivity index (χ4v) is 3.06. The average molecular weight is 384 g/mol. The second-order valence-corrected chi connectivity index (χ2v) is 6.71. The first-order chi connectivity index (χ1) is 11.5. The van der Waals surface area contributed by atoms with Crippen molar-refractivity contribution in [1.82, 2.24) is 4.98 Å². The number of benzene rings is 2. The van der Waals surface area contributed by atoms with Gasteiger partial charge in [0.15, 0.2) is 0 Å². The number of nitrogens with zero attached hydrogens (tertiary/aromatic N) is 2. The largest absolute Gasteiger partial charge is 0.360 e. The van der Waals surface area contributed by atoms with Crippen molar-refractivity contribution in [3.05, 3.63) is 63.8 Å². The van der Waals surface area contributed by atoms with Crippen molar-refractivity contribution < 1.29 is 4.79 Å². The Hall–Kier alpha value is -2.40. The highest BCUT2D eigenvalue weighted by atomic mass is 79.9. The van der Waals surface area contributed by atoms with Crippen LogP contribution in [0.2, 0.25) is 0 Å². The molecule has 24 heavy (non-hydrogen) atoms. The summed E-state index contributed by atoms with van der Waals surface area (Å²) in [6.45, 7) is 5.53. The summed E-state index contributed by atoms with van der Waals surface area (Å²) in [5.74, 6) is -0.124. The summed E-state index contributed by atoms with van der Waals surface area (Å²) in [5.41, 5.74) is 4.93. The molecule has 0 bridgehead atoms. The lowest BCUT2D eigenvalue weighted by Crippen LogP contribution is -2.23. The molecule has 0 aliphatic rings. The number of hydrogen-bond donors (Lipinski definition) is 1. The van der Waals surface area contributed by atoms with Gasteiger partial charge in [-0.1, -0.05) is 39.7 Å². The quantitative estimate of drug-likeness (QED) is 0.505. The maximum atomic E-state index is 12.0. The first-order valence-electron chi connectivity index (χ1n) is 7.64. The molecule has 1 N–H and O–H groups in total. The SMILES string of the molecule is CC(=O)N(/N=C/c1c[nH]c2cc(Br)ccc12)c1ccc(C)cc1C. The molecule has 1 heterocycles. The Morgan fingerprint density at radius 1 is 1.21 bits per heavy atom. The first-order valence-corrected chi connectivity index (χ1v) is 8.43. The topological polar surface area (TPSA) is 48.5 Å². The van der Waals surface area contributed by atoms with Crippen LogP contribution in [0.5, 0.6) is 0 Å². The van der Waals surface area contributed by atoms with Crippen LogP contribution in [-0.2, 0) is 4.79 Å². The van der Waals surface area contributed by atoms with E-state index in [-0.39, 0.29) is 5.91 Å². The Kier molecular flexibility index (Phi) is 4.53. The van der Waals surface area contributed by atoms with Crippen molar-refractivity contribution in [2.75, 3.05) is 5.01 Å². The van der Waals surface area contributed by atoms with Gasteiger partial charge in [0.25, 0.3) is 0 Å². The molecule has 0 aliphatic heterocycles. The monoisotopic (exact) mass is 383 g/mol. The number of aromatic amines is 1. The molecule has 0 saturated carbocycles. The number of nitrogens with one attached hydrogen (secondary N) is 1. The Labute approximate surface area is 149 Å². The molecule has 1 aromatic heterocycles. The molecule has 0 radical (unpaired) electrons. The van der Waals surface area contributed by atoms with E-state index in [2.05, 4.69) is 26.0 Å². The van der Waals surface area contributed by atoms with E-state index in [0.717, 1.165) is 37.8 Å². The van der Waals surface area contributed by atoms with E-state index in [9.17, 15) is 4.79 Å². The Morgan fingerprint density at radius 2 is 2.00 bits per heavy atom. The molecular weight excluding hydrogens is 366 g/mol. The number of anilines is 1. The van der Waals surface area contributed by atoms with Crippen LogP contribution in [0, 0.1) is 13.8 Å². The number of rotatable bonds is 3. The standard InChI is InChI=1S/C19H18BrN3O/c1-12-4-7-19(13(2)8-12)23(14(3)24)22-11-15-10-21-18-9-16(20)5-6-17(15)18/h4-11,21H,1-3H3/b22-11+. The second kappa shape index (κ2) is 6.61. The highest BCUT2D eigenvalue weighted by Crippen LogP contribution is 2.24. The summed E-state index contributed by atoms with van der Waals surface area (Å²) >= 11 is 3.46. The molecule has 0 spiro atoms. The van der Waals surface area contributed by atoms with E-state index in [4.69, 9.17) is 0 Å². The van der Waals surface area contributed by atoms with Gasteiger partial charge in [-0.2, -0.15) is 5.10 Å². The van der Waals surface area contributed by atoms with Gasteiger partial charge in [0.2, 0.25) is 5.91 Å². The van der Waals surface area contributed by atoms with E-state index >= 15 is 0 Å². The number of aromatic nitrogens is 1. The predicted octanol–water partition coefficient (Wildman–Crippen LogP) is 4.93. The van der Waals surface area contributed by atoms with Crippen molar-refractivity contribution in [3.63, 3.8) is 0 Å². The average Bonchev–Trinajstić information content (AvgIpc) is 2.91. The molecule has 0 aliphatic carbocycles. The number of fused-ring (bicyclic) bond motifs is 1. The lowest BCUT2D eigenvalue weighted by Gasteiger charge is -2.17. The Morgan fingerprint density at radius 3 is 2.71 bits per heavy atom. The molecule has 2 aromatic carbocycles. The second-order valence-electron chi connectivity index (χ2n) is 5.80. The highest BCUT2D eigenvalue weighted by molar-refractivity contribution is 9.10. The molecule has 0 atom stereocenters. The van der Waals surface area contributed by atoms with Crippen LogP contribution < -0.4 is 5.01 Å². The van der Waals surface area contributed by atoms with Crippen LogP contribution >= 0.6 is 15.9 Å². The number of hydrogen-bond acceptors (Lipinski definition) is 2. The number of aryl methyl sites for hydroxylation is 2. The summed E-state index contributed by atoms with van der Waals surface area (Å²) in [7, 11) is 0. The number of carbonyl (C=O) groups is 1. The number of H-pyrrole nitrogens is 1. The molecule has 1 amide bonds. The van der Waals surface area contributed by atoms with Gasteiger partial charge >= 0.3 is 0 Å². The van der Waals surface area contributed by atoms with Crippen LogP contribution in [-0.4, -0.2) is 17.1 Å². The van der Waals surface area contributed by atoms with Crippen molar-refractivity contribution >= 4 is 44.6 Å². The number of hydrazone groups is 1. The molecule has 3 rings (SSSR count). The fraction of sp³-hybridized carbons (Fsp3) is 0.158. The number of carbonyl (C=O) groups excluding carboxylic acids is 1. The number of amides is 1. The molecule has 0 saturated heterocycles. The van der Waals surface area contributed by atoms with Crippen molar-refractivity contribution in [2.24, 2.45) is 5.10 Å². The van der Waals surface area contributed by atoms with Crippen LogP contribution in [0.15, 0.2) is 52.2 Å². The van der Waals surface area contributed by atoms with Gasteiger partial charge in [0.1, 0.15) is 0 Å². The van der Waals surface area contributed by atoms with Gasteiger partial charge < -0.3 is 4.98 Å².